The lowest BCUT2D eigenvalue weighted by Crippen LogP contribution is -2.43. The van der Waals surface area contributed by atoms with Crippen LogP contribution in [0.4, 0.5) is 5.82 Å². The molecular weight excluding hydrogens is 230 g/mol. The fraction of sp³-hybridized carbons (Fsp3) is 0.462. The first-order chi connectivity index (χ1) is 8.61. The number of carboxylic acids is 1. The second-order valence-electron chi connectivity index (χ2n) is 4.77. The third kappa shape index (κ3) is 2.43. The molecule has 1 aliphatic heterocycles. The van der Waals surface area contributed by atoms with Gasteiger partial charge in [0.25, 0.3) is 0 Å². The molecule has 18 heavy (non-hydrogen) atoms. The van der Waals surface area contributed by atoms with E-state index in [0.717, 1.165) is 6.54 Å². The Morgan fingerprint density at radius 2 is 2.39 bits per heavy atom. The quantitative estimate of drug-likeness (QED) is 0.854. The predicted octanol–water partition coefficient (Wildman–Crippen LogP) is 1.50. The number of nitrogens with zero attached hydrogens (tertiary/aromatic N) is 3. The first-order valence-corrected chi connectivity index (χ1v) is 5.94. The summed E-state index contributed by atoms with van der Waals surface area (Å²) in [6, 6.07) is 5.52. The number of carboxylic acid groups (broad SMARTS) is 1. The van der Waals surface area contributed by atoms with Crippen LogP contribution < -0.4 is 4.90 Å². The van der Waals surface area contributed by atoms with Crippen LogP contribution in [-0.4, -0.2) is 29.1 Å². The average molecular weight is 245 g/mol. The van der Waals surface area contributed by atoms with Gasteiger partial charge in [-0.25, -0.2) is 4.98 Å². The lowest BCUT2D eigenvalue weighted by atomic mass is 9.90. The van der Waals surface area contributed by atoms with Gasteiger partial charge in [-0.2, -0.15) is 5.26 Å². The number of aromatic nitrogens is 1. The second kappa shape index (κ2) is 5.05. The lowest BCUT2D eigenvalue weighted by molar-refractivity contribution is -0.142. The summed E-state index contributed by atoms with van der Waals surface area (Å²) < 4.78 is 0. The molecule has 0 bridgehead atoms. The number of pyridine rings is 1. The third-order valence-electron chi connectivity index (χ3n) is 3.22. The van der Waals surface area contributed by atoms with Crippen LogP contribution >= 0.6 is 0 Å². The molecule has 1 aliphatic rings. The monoisotopic (exact) mass is 245 g/mol. The smallest absolute Gasteiger partial charge is 0.308 e. The molecule has 5 heteroatoms. The summed E-state index contributed by atoms with van der Waals surface area (Å²) in [4.78, 5) is 17.2. The summed E-state index contributed by atoms with van der Waals surface area (Å²) in [6.07, 6.45) is 2.31. The highest BCUT2D eigenvalue weighted by molar-refractivity contribution is 5.71. The zero-order valence-electron chi connectivity index (χ0n) is 10.2. The summed E-state index contributed by atoms with van der Waals surface area (Å²) in [5, 5.41) is 18.2. The van der Waals surface area contributed by atoms with Crippen molar-refractivity contribution in [1.29, 1.82) is 5.26 Å². The molecule has 0 radical (unpaired) electrons. The van der Waals surface area contributed by atoms with Gasteiger partial charge < -0.3 is 10.0 Å². The van der Waals surface area contributed by atoms with Crippen molar-refractivity contribution in [3.05, 3.63) is 23.9 Å². The first-order valence-electron chi connectivity index (χ1n) is 5.94. The van der Waals surface area contributed by atoms with Gasteiger partial charge in [0.15, 0.2) is 0 Å². The highest BCUT2D eigenvalue weighted by atomic mass is 16.4. The zero-order chi connectivity index (χ0) is 13.1. The Hall–Kier alpha value is -2.09. The number of aliphatic carboxylic acids is 1. The summed E-state index contributed by atoms with van der Waals surface area (Å²) in [6.45, 7) is 3.19. The van der Waals surface area contributed by atoms with Crippen LogP contribution in [0.5, 0.6) is 0 Å². The Balaban J connectivity index is 2.27. The van der Waals surface area contributed by atoms with Crippen LogP contribution in [0.1, 0.15) is 18.9 Å². The van der Waals surface area contributed by atoms with Crippen LogP contribution in [0.2, 0.25) is 0 Å². The van der Waals surface area contributed by atoms with E-state index in [4.69, 9.17) is 10.4 Å². The predicted molar refractivity (Wildman–Crippen MR) is 66.1 cm³/mol. The summed E-state index contributed by atoms with van der Waals surface area (Å²) in [5.74, 6) is -0.283. The number of piperidine rings is 1. The van der Waals surface area contributed by atoms with Gasteiger partial charge in [0.05, 0.1) is 11.5 Å². The standard InChI is InChI=1S/C13H15N3O2/c1-9-5-11(13(17)18)8-16(7-9)12-10(6-14)3-2-4-15-12/h2-4,9,11H,5,7-8H2,1H3,(H,17,18). The fourth-order valence-electron chi connectivity index (χ4n) is 2.44. The van der Waals surface area contributed by atoms with Crippen LogP contribution in [0.3, 0.4) is 0 Å². The number of carbonyl (C=O) groups is 1. The third-order valence-corrected chi connectivity index (χ3v) is 3.22. The van der Waals surface area contributed by atoms with Gasteiger partial charge in [0.2, 0.25) is 0 Å². The van der Waals surface area contributed by atoms with Crippen molar-refractivity contribution in [1.82, 2.24) is 4.98 Å². The maximum absolute atomic E-state index is 11.1. The highest BCUT2D eigenvalue weighted by Gasteiger charge is 2.30. The van der Waals surface area contributed by atoms with E-state index >= 15 is 0 Å². The van der Waals surface area contributed by atoms with E-state index in [1.54, 1.807) is 18.3 Å². The molecule has 2 rings (SSSR count). The van der Waals surface area contributed by atoms with E-state index in [1.807, 2.05) is 11.8 Å². The van der Waals surface area contributed by atoms with Gasteiger partial charge in [-0.1, -0.05) is 6.92 Å². The van der Waals surface area contributed by atoms with E-state index in [1.165, 1.54) is 0 Å². The van der Waals surface area contributed by atoms with E-state index in [0.29, 0.717) is 24.3 Å². The van der Waals surface area contributed by atoms with Gasteiger partial charge in [-0.15, -0.1) is 0 Å². The molecule has 1 saturated heterocycles. The molecule has 2 unspecified atom stereocenters. The SMILES string of the molecule is CC1CC(C(=O)O)CN(c2ncccc2C#N)C1. The Kier molecular flexibility index (Phi) is 3.47. The molecule has 1 N–H and O–H groups in total. The molecule has 2 heterocycles. The van der Waals surface area contributed by atoms with E-state index in [9.17, 15) is 4.79 Å². The van der Waals surface area contributed by atoms with Crippen molar-refractivity contribution in [3.63, 3.8) is 0 Å². The maximum Gasteiger partial charge on any atom is 0.308 e. The van der Waals surface area contributed by atoms with E-state index < -0.39 is 5.97 Å². The van der Waals surface area contributed by atoms with Crippen LogP contribution in [-0.2, 0) is 4.79 Å². The maximum atomic E-state index is 11.1. The zero-order valence-corrected chi connectivity index (χ0v) is 10.2. The molecule has 1 aromatic rings. The minimum atomic E-state index is -0.777. The molecule has 94 valence electrons. The minimum absolute atomic E-state index is 0.286. The minimum Gasteiger partial charge on any atom is -0.481 e. The van der Waals surface area contributed by atoms with Crippen molar-refractivity contribution >= 4 is 11.8 Å². The van der Waals surface area contributed by atoms with Crippen molar-refractivity contribution in [3.8, 4) is 6.07 Å². The lowest BCUT2D eigenvalue weighted by Gasteiger charge is -2.35. The molecule has 0 aromatic carbocycles. The van der Waals surface area contributed by atoms with Crippen molar-refractivity contribution in [2.75, 3.05) is 18.0 Å². The van der Waals surface area contributed by atoms with Crippen molar-refractivity contribution in [2.45, 2.75) is 13.3 Å². The second-order valence-corrected chi connectivity index (χ2v) is 4.77. The summed E-state index contributed by atoms with van der Waals surface area (Å²) >= 11 is 0. The highest BCUT2D eigenvalue weighted by Crippen LogP contribution is 2.27. The Morgan fingerprint density at radius 3 is 3.06 bits per heavy atom. The van der Waals surface area contributed by atoms with Gasteiger partial charge in [0, 0.05) is 19.3 Å². The van der Waals surface area contributed by atoms with E-state index in [-0.39, 0.29) is 11.8 Å². The number of rotatable bonds is 2. The van der Waals surface area contributed by atoms with Gasteiger partial charge in [-0.3, -0.25) is 4.79 Å². The molecule has 1 fully saturated rings. The number of anilines is 1. The molecule has 0 saturated carbocycles. The van der Waals surface area contributed by atoms with Crippen LogP contribution in [0, 0.1) is 23.2 Å². The topological polar surface area (TPSA) is 77.2 Å². The van der Waals surface area contributed by atoms with Gasteiger partial charge in [0.1, 0.15) is 11.9 Å². The molecule has 0 aliphatic carbocycles. The molecule has 2 atom stereocenters. The number of nitriles is 1. The average Bonchev–Trinajstić information content (AvgIpc) is 2.38. The Morgan fingerprint density at radius 1 is 1.61 bits per heavy atom. The normalized spacial score (nSPS) is 23.4. The van der Waals surface area contributed by atoms with Crippen molar-refractivity contribution in [2.24, 2.45) is 11.8 Å². The van der Waals surface area contributed by atoms with Crippen LogP contribution in [0.15, 0.2) is 18.3 Å². The molecule has 5 nitrogen and oxygen atoms in total. The number of hydrogen-bond acceptors (Lipinski definition) is 4. The van der Waals surface area contributed by atoms with Crippen LogP contribution in [0.25, 0.3) is 0 Å². The first kappa shape index (κ1) is 12.4. The molecular formula is C13H15N3O2. The molecule has 1 aromatic heterocycles. The Bertz CT molecular complexity index is 495. The number of hydrogen-bond donors (Lipinski definition) is 1. The Labute approximate surface area is 106 Å². The fourth-order valence-corrected chi connectivity index (χ4v) is 2.44. The van der Waals surface area contributed by atoms with Gasteiger partial charge >= 0.3 is 5.97 Å². The summed E-state index contributed by atoms with van der Waals surface area (Å²) in [5.41, 5.74) is 0.496. The van der Waals surface area contributed by atoms with E-state index in [2.05, 4.69) is 11.1 Å². The van der Waals surface area contributed by atoms with Crippen molar-refractivity contribution < 1.29 is 9.90 Å². The molecule has 0 spiro atoms. The van der Waals surface area contributed by atoms with Gasteiger partial charge in [-0.05, 0) is 24.5 Å². The summed E-state index contributed by atoms with van der Waals surface area (Å²) in [7, 11) is 0. The molecule has 0 amide bonds. The largest absolute Gasteiger partial charge is 0.481 e.